The first kappa shape index (κ1) is 58.4. The van der Waals surface area contributed by atoms with Crippen molar-refractivity contribution in [3.05, 3.63) is 24.3 Å². The molecule has 0 bridgehead atoms. The lowest BCUT2D eigenvalue weighted by molar-refractivity contribution is -0.163. The lowest BCUT2D eigenvalue weighted by atomic mass is 10.0. The second-order valence-corrected chi connectivity index (χ2v) is 18.1. The molecule has 0 N–H and O–H groups in total. The normalized spacial score (nSPS) is 12.2. The van der Waals surface area contributed by atoms with Gasteiger partial charge in [-0.2, -0.15) is 0 Å². The average Bonchev–Trinajstić information content (AvgIpc) is 3.25. The van der Waals surface area contributed by atoms with Gasteiger partial charge >= 0.3 is 11.9 Å². The van der Waals surface area contributed by atoms with Gasteiger partial charge in [0.25, 0.3) is 0 Å². The molecular formula is C55H104O5. The summed E-state index contributed by atoms with van der Waals surface area (Å²) in [5.74, 6) is -0.397. The highest BCUT2D eigenvalue weighted by molar-refractivity contribution is 5.70. The topological polar surface area (TPSA) is 61.8 Å². The van der Waals surface area contributed by atoms with Gasteiger partial charge in [-0.1, -0.05) is 257 Å². The largest absolute Gasteiger partial charge is 0.462 e. The Morgan fingerprint density at radius 3 is 1.17 bits per heavy atom. The minimum atomic E-state index is -0.533. The number of hydrogen-bond donors (Lipinski definition) is 0. The Labute approximate surface area is 375 Å². The average molecular weight is 845 g/mol. The maximum atomic E-state index is 12.8. The van der Waals surface area contributed by atoms with E-state index in [9.17, 15) is 9.59 Å². The third-order valence-corrected chi connectivity index (χ3v) is 12.0. The summed E-state index contributed by atoms with van der Waals surface area (Å²) in [7, 11) is 0. The van der Waals surface area contributed by atoms with E-state index in [0.717, 1.165) is 51.4 Å². The second-order valence-electron chi connectivity index (χ2n) is 18.1. The van der Waals surface area contributed by atoms with E-state index in [4.69, 9.17) is 14.2 Å². The second kappa shape index (κ2) is 51.7. The molecule has 0 amide bonds. The smallest absolute Gasteiger partial charge is 0.306 e. The molecule has 0 saturated heterocycles. The van der Waals surface area contributed by atoms with Crippen LogP contribution in [0.1, 0.15) is 290 Å². The highest BCUT2D eigenvalue weighted by atomic mass is 16.6. The van der Waals surface area contributed by atoms with Crippen LogP contribution in [0.3, 0.4) is 0 Å². The van der Waals surface area contributed by atoms with Gasteiger partial charge in [-0.15, -0.1) is 0 Å². The van der Waals surface area contributed by atoms with Crippen molar-refractivity contribution in [1.82, 2.24) is 0 Å². The molecule has 0 rings (SSSR count). The van der Waals surface area contributed by atoms with Gasteiger partial charge in [-0.3, -0.25) is 9.59 Å². The van der Waals surface area contributed by atoms with Gasteiger partial charge in [-0.25, -0.2) is 0 Å². The number of ether oxygens (including phenoxy) is 3. The van der Waals surface area contributed by atoms with E-state index in [1.54, 1.807) is 0 Å². The number of unbranched alkanes of at least 4 members (excludes halogenated alkanes) is 35. The molecule has 0 aromatic carbocycles. The molecule has 0 fully saturated rings. The maximum absolute atomic E-state index is 12.8. The van der Waals surface area contributed by atoms with Crippen molar-refractivity contribution >= 4 is 11.9 Å². The standard InChI is InChI=1S/C55H104O5/c1-4-7-10-13-16-19-22-24-25-26-27-28-29-30-32-35-38-41-44-47-50-58-51-53(60-55(57)49-46-43-40-37-33-21-18-15-12-9-6-3)52-59-54(56)48-45-42-39-36-34-31-23-20-17-14-11-8-5-2/h11,14,20,23,53H,4-10,12-13,15-19,21-22,24-52H2,1-3H3/b14-11-,23-20-. The van der Waals surface area contributed by atoms with Crippen LogP contribution < -0.4 is 0 Å². The zero-order valence-electron chi connectivity index (χ0n) is 40.7. The van der Waals surface area contributed by atoms with Gasteiger partial charge in [0.15, 0.2) is 6.10 Å². The fourth-order valence-corrected chi connectivity index (χ4v) is 7.96. The molecule has 5 heteroatoms. The molecule has 1 unspecified atom stereocenters. The molecule has 354 valence electrons. The molecule has 0 aliphatic rings. The quantitative estimate of drug-likeness (QED) is 0.0347. The van der Waals surface area contributed by atoms with Crippen LogP contribution in [-0.4, -0.2) is 37.9 Å². The Morgan fingerprint density at radius 1 is 0.367 bits per heavy atom. The van der Waals surface area contributed by atoms with E-state index in [0.29, 0.717) is 26.1 Å². The van der Waals surface area contributed by atoms with Crippen molar-refractivity contribution in [2.75, 3.05) is 19.8 Å². The van der Waals surface area contributed by atoms with Gasteiger partial charge in [-0.05, 0) is 44.9 Å². The van der Waals surface area contributed by atoms with Crippen LogP contribution in [-0.2, 0) is 23.8 Å². The van der Waals surface area contributed by atoms with Gasteiger partial charge in [0.2, 0.25) is 0 Å². The van der Waals surface area contributed by atoms with Crippen LogP contribution in [0.15, 0.2) is 24.3 Å². The van der Waals surface area contributed by atoms with Crippen molar-refractivity contribution in [1.29, 1.82) is 0 Å². The Bertz CT molecular complexity index is 913. The fraction of sp³-hybridized carbons (Fsp3) is 0.891. The maximum Gasteiger partial charge on any atom is 0.306 e. The Hall–Kier alpha value is -1.62. The molecule has 0 aromatic rings. The van der Waals surface area contributed by atoms with Gasteiger partial charge < -0.3 is 14.2 Å². The summed E-state index contributed by atoms with van der Waals surface area (Å²) >= 11 is 0. The SMILES string of the molecule is CCC/C=C\C/C=C\CCCCCCCC(=O)OCC(COCCCCCCCCCCCCCCCCCCCCCC)OC(=O)CCCCCCCCCCCCC. The summed E-state index contributed by atoms with van der Waals surface area (Å²) in [5.41, 5.74) is 0. The molecule has 0 spiro atoms. The first-order valence-corrected chi connectivity index (χ1v) is 26.9. The first-order chi connectivity index (χ1) is 29.6. The molecule has 5 nitrogen and oxygen atoms in total. The summed E-state index contributed by atoms with van der Waals surface area (Å²) in [6, 6.07) is 0. The molecular weight excluding hydrogens is 741 g/mol. The van der Waals surface area contributed by atoms with Crippen LogP contribution in [0.2, 0.25) is 0 Å². The summed E-state index contributed by atoms with van der Waals surface area (Å²) in [4.78, 5) is 25.3. The molecule has 0 aliphatic heterocycles. The molecule has 1 atom stereocenters. The molecule has 60 heavy (non-hydrogen) atoms. The van der Waals surface area contributed by atoms with E-state index >= 15 is 0 Å². The summed E-state index contributed by atoms with van der Waals surface area (Å²) in [6.07, 6.45) is 60.5. The van der Waals surface area contributed by atoms with Crippen LogP contribution in [0.5, 0.6) is 0 Å². The lowest BCUT2D eigenvalue weighted by Crippen LogP contribution is -2.30. The van der Waals surface area contributed by atoms with E-state index < -0.39 is 6.10 Å². The Balaban J connectivity index is 4.15. The minimum absolute atomic E-state index is 0.0854. The molecule has 0 aliphatic carbocycles. The number of carbonyl (C=O) groups excluding carboxylic acids is 2. The number of esters is 2. The number of hydrogen-bond acceptors (Lipinski definition) is 5. The predicted octanol–water partition coefficient (Wildman–Crippen LogP) is 18.0. The van der Waals surface area contributed by atoms with Crippen molar-refractivity contribution in [2.24, 2.45) is 0 Å². The Morgan fingerprint density at radius 2 is 0.733 bits per heavy atom. The third-order valence-electron chi connectivity index (χ3n) is 12.0. The summed E-state index contributed by atoms with van der Waals surface area (Å²) in [6.45, 7) is 7.80. The van der Waals surface area contributed by atoms with E-state index in [1.807, 2.05) is 0 Å². The van der Waals surface area contributed by atoms with Gasteiger partial charge in [0, 0.05) is 19.4 Å². The number of allylic oxidation sites excluding steroid dienone is 4. The Kier molecular flexibility index (Phi) is 50.3. The third kappa shape index (κ3) is 49.0. The van der Waals surface area contributed by atoms with E-state index in [-0.39, 0.29) is 18.5 Å². The fourth-order valence-electron chi connectivity index (χ4n) is 7.96. The van der Waals surface area contributed by atoms with Crippen molar-refractivity contribution in [2.45, 2.75) is 297 Å². The summed E-state index contributed by atoms with van der Waals surface area (Å²) in [5, 5.41) is 0. The predicted molar refractivity (Wildman–Crippen MR) is 261 cm³/mol. The van der Waals surface area contributed by atoms with Crippen LogP contribution in [0, 0.1) is 0 Å². The number of carbonyl (C=O) groups is 2. The van der Waals surface area contributed by atoms with Crippen LogP contribution in [0.4, 0.5) is 0 Å². The molecule has 0 aromatic heterocycles. The lowest BCUT2D eigenvalue weighted by Gasteiger charge is -2.18. The highest BCUT2D eigenvalue weighted by Crippen LogP contribution is 2.16. The molecule has 0 saturated carbocycles. The number of rotatable bonds is 50. The highest BCUT2D eigenvalue weighted by Gasteiger charge is 2.17. The van der Waals surface area contributed by atoms with Crippen LogP contribution >= 0.6 is 0 Å². The van der Waals surface area contributed by atoms with Crippen LogP contribution in [0.25, 0.3) is 0 Å². The van der Waals surface area contributed by atoms with Crippen molar-refractivity contribution < 1.29 is 23.8 Å². The van der Waals surface area contributed by atoms with E-state index in [2.05, 4.69) is 45.1 Å². The summed E-state index contributed by atoms with van der Waals surface area (Å²) < 4.78 is 17.4. The monoisotopic (exact) mass is 845 g/mol. The zero-order valence-corrected chi connectivity index (χ0v) is 40.7. The van der Waals surface area contributed by atoms with E-state index in [1.165, 1.54) is 205 Å². The molecule has 0 radical (unpaired) electrons. The zero-order chi connectivity index (χ0) is 43.5. The van der Waals surface area contributed by atoms with Gasteiger partial charge in [0.05, 0.1) is 6.61 Å². The van der Waals surface area contributed by atoms with Gasteiger partial charge in [0.1, 0.15) is 6.61 Å². The minimum Gasteiger partial charge on any atom is -0.462 e. The van der Waals surface area contributed by atoms with Crippen molar-refractivity contribution in [3.63, 3.8) is 0 Å². The first-order valence-electron chi connectivity index (χ1n) is 26.9. The molecule has 0 heterocycles. The van der Waals surface area contributed by atoms with Crippen molar-refractivity contribution in [3.8, 4) is 0 Å².